The Morgan fingerprint density at radius 2 is 1.43 bits per heavy atom. The molecule has 3 rings (SSSR count). The topological polar surface area (TPSA) is 124 Å². The molecule has 2 aromatic carbocycles. The zero-order valence-electron chi connectivity index (χ0n) is 18.4. The maximum absolute atomic E-state index is 12.6. The minimum absolute atomic E-state index is 0.108. The lowest BCUT2D eigenvalue weighted by Crippen LogP contribution is -2.28. The van der Waals surface area contributed by atoms with E-state index in [1.807, 2.05) is 0 Å². The number of rotatable bonds is 5. The molecule has 1 aliphatic heterocycles. The number of sulfonamides is 1. The molecule has 13 heteroatoms. The minimum Gasteiger partial charge on any atom is -0.478 e. The molecule has 0 amide bonds. The summed E-state index contributed by atoms with van der Waals surface area (Å²) in [6.07, 6.45) is 0.471. The summed E-state index contributed by atoms with van der Waals surface area (Å²) in [4.78, 5) is 22.9. The molecule has 0 atom stereocenters. The van der Waals surface area contributed by atoms with Gasteiger partial charge in [-0.3, -0.25) is 4.72 Å². The number of carboxylic acids is 2. The van der Waals surface area contributed by atoms with Crippen molar-refractivity contribution >= 4 is 49.3 Å². The Morgan fingerprint density at radius 1 is 0.914 bits per heavy atom. The van der Waals surface area contributed by atoms with Crippen molar-refractivity contribution in [2.75, 3.05) is 22.7 Å². The van der Waals surface area contributed by atoms with Crippen LogP contribution in [0.5, 0.6) is 0 Å². The second-order valence-corrected chi connectivity index (χ2v) is 10.3. The first-order chi connectivity index (χ1) is 16.3. The number of nitrogens with zero attached hydrogens (tertiary/aromatic N) is 1. The molecule has 0 aliphatic carbocycles. The quantitative estimate of drug-likeness (QED) is 0.435. The largest absolute Gasteiger partial charge is 0.490 e. The Bertz CT molecular complexity index is 1130. The van der Waals surface area contributed by atoms with Gasteiger partial charge in [0.15, 0.2) is 0 Å². The first kappa shape index (κ1) is 28.4. The molecule has 0 unspecified atom stereocenters. The van der Waals surface area contributed by atoms with Gasteiger partial charge in [0.05, 0.1) is 16.1 Å². The van der Waals surface area contributed by atoms with E-state index in [0.29, 0.717) is 5.69 Å². The van der Waals surface area contributed by atoms with Gasteiger partial charge in [-0.1, -0.05) is 35.2 Å². The molecule has 1 saturated heterocycles. The number of halogens is 4. The zero-order chi connectivity index (χ0) is 26.2. The van der Waals surface area contributed by atoms with Crippen LogP contribution in [0, 0.1) is 0 Å². The average molecular weight is 581 g/mol. The second kappa shape index (κ2) is 12.2. The normalized spacial score (nSPS) is 14.7. The number of aromatic carboxylic acids is 1. The lowest BCUT2D eigenvalue weighted by atomic mass is 10.1. The number of anilines is 2. The standard InChI is InChI=1S/C20H23BrN2O4S.C2HF3O2/c21-15-6-9-17(10-7-15)28(26,27)22-16-8-11-19(18(14-16)20(24)25)23-12-4-2-1-3-5-13-23;3-2(4,5)1(6)7/h6-11,14,22H,1-5,12-13H2,(H,24,25);(H,6,7). The SMILES string of the molecule is O=C(O)C(F)(F)F.O=C(O)c1cc(NS(=O)(=O)c2ccc(Br)cc2)ccc1N1CCCCCCC1. The Balaban J connectivity index is 0.000000540. The molecule has 192 valence electrons. The Labute approximate surface area is 208 Å². The van der Waals surface area contributed by atoms with E-state index in [9.17, 15) is 31.5 Å². The van der Waals surface area contributed by atoms with Crippen molar-refractivity contribution in [1.29, 1.82) is 0 Å². The highest BCUT2D eigenvalue weighted by Gasteiger charge is 2.38. The molecule has 1 aliphatic rings. The minimum atomic E-state index is -5.08. The molecule has 0 spiro atoms. The van der Waals surface area contributed by atoms with Crippen LogP contribution in [0.15, 0.2) is 51.8 Å². The number of hydrogen-bond acceptors (Lipinski definition) is 5. The van der Waals surface area contributed by atoms with Gasteiger partial charge in [0.2, 0.25) is 0 Å². The fourth-order valence-corrected chi connectivity index (χ4v) is 4.68. The Morgan fingerprint density at radius 3 is 1.91 bits per heavy atom. The predicted octanol–water partition coefficient (Wildman–Crippen LogP) is 5.35. The number of carboxylic acid groups (broad SMARTS) is 2. The van der Waals surface area contributed by atoms with Crippen LogP contribution in [0.3, 0.4) is 0 Å². The van der Waals surface area contributed by atoms with Crippen LogP contribution >= 0.6 is 15.9 Å². The summed E-state index contributed by atoms with van der Waals surface area (Å²) in [6, 6.07) is 11.0. The lowest BCUT2D eigenvalue weighted by Gasteiger charge is -2.28. The number of benzene rings is 2. The number of aliphatic carboxylic acids is 1. The smallest absolute Gasteiger partial charge is 0.478 e. The van der Waals surface area contributed by atoms with E-state index in [0.717, 1.165) is 43.2 Å². The number of hydrogen-bond donors (Lipinski definition) is 3. The summed E-state index contributed by atoms with van der Waals surface area (Å²) >= 11 is 3.28. The summed E-state index contributed by atoms with van der Waals surface area (Å²) in [5.74, 6) is -3.82. The van der Waals surface area contributed by atoms with E-state index >= 15 is 0 Å². The molecule has 1 fully saturated rings. The van der Waals surface area contributed by atoms with Crippen molar-refractivity contribution in [3.8, 4) is 0 Å². The van der Waals surface area contributed by atoms with Crippen molar-refractivity contribution in [3.63, 3.8) is 0 Å². The van der Waals surface area contributed by atoms with Crippen molar-refractivity contribution in [3.05, 3.63) is 52.5 Å². The highest BCUT2D eigenvalue weighted by molar-refractivity contribution is 9.10. The molecule has 0 saturated carbocycles. The van der Waals surface area contributed by atoms with Crippen LogP contribution in [0.25, 0.3) is 0 Å². The van der Waals surface area contributed by atoms with Gasteiger partial charge in [-0.25, -0.2) is 18.0 Å². The van der Waals surface area contributed by atoms with Gasteiger partial charge in [-0.05, 0) is 55.3 Å². The predicted molar refractivity (Wildman–Crippen MR) is 127 cm³/mol. The average Bonchev–Trinajstić information content (AvgIpc) is 2.73. The second-order valence-electron chi connectivity index (χ2n) is 7.65. The van der Waals surface area contributed by atoms with E-state index in [1.54, 1.807) is 24.3 Å². The first-order valence-corrected chi connectivity index (χ1v) is 12.8. The summed E-state index contributed by atoms with van der Waals surface area (Å²) < 4.78 is 60.1. The zero-order valence-corrected chi connectivity index (χ0v) is 20.8. The van der Waals surface area contributed by atoms with Crippen LogP contribution in [0.4, 0.5) is 24.5 Å². The molecule has 8 nitrogen and oxygen atoms in total. The van der Waals surface area contributed by atoms with E-state index in [2.05, 4.69) is 25.6 Å². The summed E-state index contributed by atoms with van der Waals surface area (Å²) in [5.41, 5.74) is 0.980. The molecule has 0 radical (unpaired) electrons. The molecule has 3 N–H and O–H groups in total. The third-order valence-electron chi connectivity index (χ3n) is 5.04. The molecule has 35 heavy (non-hydrogen) atoms. The summed E-state index contributed by atoms with van der Waals surface area (Å²) in [7, 11) is -3.80. The van der Waals surface area contributed by atoms with E-state index in [4.69, 9.17) is 9.90 Å². The van der Waals surface area contributed by atoms with E-state index < -0.39 is 28.1 Å². The van der Waals surface area contributed by atoms with Crippen LogP contribution < -0.4 is 9.62 Å². The maximum atomic E-state index is 12.6. The molecule has 2 aromatic rings. The number of nitrogens with one attached hydrogen (secondary N) is 1. The van der Waals surface area contributed by atoms with E-state index in [-0.39, 0.29) is 16.1 Å². The van der Waals surface area contributed by atoms with Gasteiger partial charge < -0.3 is 15.1 Å². The van der Waals surface area contributed by atoms with Gasteiger partial charge in [0, 0.05) is 23.2 Å². The van der Waals surface area contributed by atoms with Crippen molar-refractivity contribution in [2.45, 2.75) is 43.2 Å². The number of carbonyl (C=O) groups is 2. The monoisotopic (exact) mass is 580 g/mol. The van der Waals surface area contributed by atoms with Gasteiger partial charge in [0.1, 0.15) is 0 Å². The van der Waals surface area contributed by atoms with Gasteiger partial charge in [-0.2, -0.15) is 13.2 Å². The molecule has 1 heterocycles. The van der Waals surface area contributed by atoms with Crippen molar-refractivity contribution in [1.82, 2.24) is 0 Å². The fraction of sp³-hybridized carbons (Fsp3) is 0.364. The fourth-order valence-electron chi connectivity index (χ4n) is 3.36. The van der Waals surface area contributed by atoms with Crippen LogP contribution in [0.2, 0.25) is 0 Å². The first-order valence-electron chi connectivity index (χ1n) is 10.5. The van der Waals surface area contributed by atoms with Crippen LogP contribution in [-0.2, 0) is 14.8 Å². The summed E-state index contributed by atoms with van der Waals surface area (Å²) in [6.45, 7) is 1.62. The molecular weight excluding hydrogens is 557 g/mol. The van der Waals surface area contributed by atoms with Crippen LogP contribution in [0.1, 0.15) is 42.5 Å². The molecular formula is C22H24BrF3N2O6S. The van der Waals surface area contributed by atoms with E-state index in [1.165, 1.54) is 24.6 Å². The highest BCUT2D eigenvalue weighted by atomic mass is 79.9. The van der Waals surface area contributed by atoms with Crippen molar-refractivity contribution in [2.24, 2.45) is 0 Å². The third kappa shape index (κ3) is 8.73. The number of alkyl halides is 3. The molecule has 0 bridgehead atoms. The van der Waals surface area contributed by atoms with Gasteiger partial charge >= 0.3 is 18.1 Å². The van der Waals surface area contributed by atoms with Gasteiger partial charge in [-0.15, -0.1) is 0 Å². The Kier molecular flexibility index (Phi) is 9.95. The van der Waals surface area contributed by atoms with Gasteiger partial charge in [0.25, 0.3) is 10.0 Å². The Hall–Kier alpha value is -2.80. The third-order valence-corrected chi connectivity index (χ3v) is 6.97. The lowest BCUT2D eigenvalue weighted by molar-refractivity contribution is -0.192. The summed E-state index contributed by atoms with van der Waals surface area (Å²) in [5, 5.41) is 16.8. The van der Waals surface area contributed by atoms with Crippen molar-refractivity contribution < 1.29 is 41.4 Å². The highest BCUT2D eigenvalue weighted by Crippen LogP contribution is 2.28. The maximum Gasteiger partial charge on any atom is 0.490 e. The molecule has 0 aromatic heterocycles. The van der Waals surface area contributed by atoms with Crippen LogP contribution in [-0.4, -0.2) is 49.8 Å².